The molecule has 0 saturated heterocycles. The van der Waals surface area contributed by atoms with Crippen molar-refractivity contribution in [1.29, 1.82) is 0 Å². The molecule has 0 amide bonds. The standard InChI is InChI=1S/C11H23NO2S/c1-3-5-6-8-15-9-10(11(13)14)12-7-4-2/h10,12H,3-9H2,1-2H3,(H,13,14). The van der Waals surface area contributed by atoms with Gasteiger partial charge in [-0.1, -0.05) is 26.7 Å². The Morgan fingerprint density at radius 2 is 2.07 bits per heavy atom. The van der Waals surface area contributed by atoms with Crippen LogP contribution in [0.1, 0.15) is 39.5 Å². The highest BCUT2D eigenvalue weighted by molar-refractivity contribution is 7.99. The first-order valence-corrected chi connectivity index (χ1v) is 6.91. The van der Waals surface area contributed by atoms with Crippen molar-refractivity contribution in [2.45, 2.75) is 45.6 Å². The van der Waals surface area contributed by atoms with Gasteiger partial charge < -0.3 is 10.4 Å². The summed E-state index contributed by atoms with van der Waals surface area (Å²) in [6.45, 7) is 5.00. The van der Waals surface area contributed by atoms with Crippen molar-refractivity contribution < 1.29 is 9.90 Å². The maximum atomic E-state index is 10.8. The van der Waals surface area contributed by atoms with Crippen molar-refractivity contribution in [3.63, 3.8) is 0 Å². The van der Waals surface area contributed by atoms with Gasteiger partial charge in [0.1, 0.15) is 6.04 Å². The summed E-state index contributed by atoms with van der Waals surface area (Å²) in [5.74, 6) is 1.02. The van der Waals surface area contributed by atoms with Gasteiger partial charge in [0.25, 0.3) is 0 Å². The number of carboxylic acid groups (broad SMARTS) is 1. The number of carboxylic acids is 1. The Balaban J connectivity index is 3.53. The fourth-order valence-electron chi connectivity index (χ4n) is 1.19. The summed E-state index contributed by atoms with van der Waals surface area (Å²) in [7, 11) is 0. The molecule has 0 aromatic heterocycles. The molecule has 4 heteroatoms. The summed E-state index contributed by atoms with van der Waals surface area (Å²) in [5, 5.41) is 12.0. The van der Waals surface area contributed by atoms with E-state index in [2.05, 4.69) is 12.2 Å². The zero-order valence-corrected chi connectivity index (χ0v) is 10.6. The van der Waals surface area contributed by atoms with Crippen LogP contribution in [0.25, 0.3) is 0 Å². The predicted molar refractivity (Wildman–Crippen MR) is 66.6 cm³/mol. The van der Waals surface area contributed by atoms with Crippen molar-refractivity contribution in [2.24, 2.45) is 0 Å². The van der Waals surface area contributed by atoms with Crippen LogP contribution in [0.2, 0.25) is 0 Å². The van der Waals surface area contributed by atoms with Gasteiger partial charge in [0.05, 0.1) is 0 Å². The van der Waals surface area contributed by atoms with E-state index >= 15 is 0 Å². The third kappa shape index (κ3) is 8.75. The first-order chi connectivity index (χ1) is 7.22. The van der Waals surface area contributed by atoms with E-state index in [1.807, 2.05) is 6.92 Å². The van der Waals surface area contributed by atoms with Gasteiger partial charge in [0.2, 0.25) is 0 Å². The minimum Gasteiger partial charge on any atom is -0.480 e. The molecular formula is C11H23NO2S. The fraction of sp³-hybridized carbons (Fsp3) is 0.909. The summed E-state index contributed by atoms with van der Waals surface area (Å²) in [4.78, 5) is 10.8. The van der Waals surface area contributed by atoms with E-state index in [0.29, 0.717) is 5.75 Å². The summed E-state index contributed by atoms with van der Waals surface area (Å²) >= 11 is 1.74. The molecule has 0 saturated carbocycles. The molecule has 0 fully saturated rings. The molecule has 1 unspecified atom stereocenters. The number of hydrogen-bond donors (Lipinski definition) is 2. The van der Waals surface area contributed by atoms with Crippen LogP contribution in [0.4, 0.5) is 0 Å². The highest BCUT2D eigenvalue weighted by Crippen LogP contribution is 2.08. The topological polar surface area (TPSA) is 49.3 Å². The minimum atomic E-state index is -0.730. The van der Waals surface area contributed by atoms with Gasteiger partial charge >= 0.3 is 5.97 Å². The molecule has 0 heterocycles. The molecule has 2 N–H and O–H groups in total. The van der Waals surface area contributed by atoms with E-state index in [-0.39, 0.29) is 6.04 Å². The molecular weight excluding hydrogens is 210 g/mol. The van der Waals surface area contributed by atoms with Crippen LogP contribution < -0.4 is 5.32 Å². The molecule has 0 aliphatic rings. The predicted octanol–water partition coefficient (Wildman–Crippen LogP) is 2.36. The van der Waals surface area contributed by atoms with E-state index in [4.69, 9.17) is 5.11 Å². The molecule has 0 aromatic rings. The minimum absolute atomic E-state index is 0.378. The van der Waals surface area contributed by atoms with E-state index in [9.17, 15) is 4.79 Å². The largest absolute Gasteiger partial charge is 0.480 e. The van der Waals surface area contributed by atoms with Crippen LogP contribution in [0.15, 0.2) is 0 Å². The van der Waals surface area contributed by atoms with Crippen molar-refractivity contribution in [1.82, 2.24) is 5.32 Å². The lowest BCUT2D eigenvalue weighted by molar-refractivity contribution is -0.138. The van der Waals surface area contributed by atoms with Gasteiger partial charge in [-0.15, -0.1) is 0 Å². The van der Waals surface area contributed by atoms with E-state index in [0.717, 1.165) is 18.7 Å². The summed E-state index contributed by atoms with van der Waals surface area (Å²) < 4.78 is 0. The summed E-state index contributed by atoms with van der Waals surface area (Å²) in [6, 6.07) is -0.378. The fourth-order valence-corrected chi connectivity index (χ4v) is 2.26. The molecule has 0 aliphatic carbocycles. The average Bonchev–Trinajstić information content (AvgIpc) is 2.21. The Hall–Kier alpha value is -0.220. The van der Waals surface area contributed by atoms with Crippen LogP contribution in [-0.4, -0.2) is 35.2 Å². The first-order valence-electron chi connectivity index (χ1n) is 5.76. The van der Waals surface area contributed by atoms with Crippen LogP contribution in [0.3, 0.4) is 0 Å². The Morgan fingerprint density at radius 3 is 2.60 bits per heavy atom. The SMILES string of the molecule is CCCCCSCC(NCCC)C(=O)O. The lowest BCUT2D eigenvalue weighted by Gasteiger charge is -2.13. The van der Waals surface area contributed by atoms with Gasteiger partial charge in [-0.05, 0) is 25.1 Å². The number of aliphatic carboxylic acids is 1. The van der Waals surface area contributed by atoms with Crippen LogP contribution >= 0.6 is 11.8 Å². The molecule has 0 radical (unpaired) electrons. The molecule has 3 nitrogen and oxygen atoms in total. The lowest BCUT2D eigenvalue weighted by Crippen LogP contribution is -2.39. The van der Waals surface area contributed by atoms with Crippen molar-refractivity contribution in [3.8, 4) is 0 Å². The number of rotatable bonds is 10. The van der Waals surface area contributed by atoms with Crippen LogP contribution in [-0.2, 0) is 4.79 Å². The zero-order valence-electron chi connectivity index (χ0n) is 9.79. The Labute approximate surface area is 97.0 Å². The summed E-state index contributed by atoms with van der Waals surface area (Å²) in [6.07, 6.45) is 4.63. The Bertz CT molecular complexity index is 165. The van der Waals surface area contributed by atoms with E-state index in [1.54, 1.807) is 11.8 Å². The number of nitrogens with one attached hydrogen (secondary N) is 1. The van der Waals surface area contributed by atoms with Crippen LogP contribution in [0.5, 0.6) is 0 Å². The molecule has 0 spiro atoms. The van der Waals surface area contributed by atoms with Gasteiger partial charge in [-0.2, -0.15) is 11.8 Å². The normalized spacial score (nSPS) is 12.7. The molecule has 0 rings (SSSR count). The van der Waals surface area contributed by atoms with Gasteiger partial charge in [-0.25, -0.2) is 0 Å². The first kappa shape index (κ1) is 14.8. The number of hydrogen-bond acceptors (Lipinski definition) is 3. The summed E-state index contributed by atoms with van der Waals surface area (Å²) in [5.41, 5.74) is 0. The third-order valence-corrected chi connectivity index (χ3v) is 3.26. The van der Waals surface area contributed by atoms with Crippen LogP contribution in [0, 0.1) is 0 Å². The van der Waals surface area contributed by atoms with Gasteiger partial charge in [0.15, 0.2) is 0 Å². The molecule has 0 bridgehead atoms. The smallest absolute Gasteiger partial charge is 0.321 e. The quantitative estimate of drug-likeness (QED) is 0.569. The van der Waals surface area contributed by atoms with Crippen molar-refractivity contribution in [3.05, 3.63) is 0 Å². The molecule has 90 valence electrons. The Morgan fingerprint density at radius 1 is 1.33 bits per heavy atom. The zero-order chi connectivity index (χ0) is 11.5. The lowest BCUT2D eigenvalue weighted by atomic mass is 10.3. The highest BCUT2D eigenvalue weighted by atomic mass is 32.2. The van der Waals surface area contributed by atoms with Gasteiger partial charge in [0, 0.05) is 5.75 Å². The highest BCUT2D eigenvalue weighted by Gasteiger charge is 2.15. The van der Waals surface area contributed by atoms with Gasteiger partial charge in [-0.3, -0.25) is 4.79 Å². The van der Waals surface area contributed by atoms with E-state index in [1.165, 1.54) is 19.3 Å². The maximum absolute atomic E-state index is 10.8. The second-order valence-corrected chi connectivity index (χ2v) is 4.78. The third-order valence-electron chi connectivity index (χ3n) is 2.12. The molecule has 1 atom stereocenters. The monoisotopic (exact) mass is 233 g/mol. The number of thioether (sulfide) groups is 1. The van der Waals surface area contributed by atoms with Crippen molar-refractivity contribution >= 4 is 17.7 Å². The Kier molecular flexibility index (Phi) is 10.2. The number of carbonyl (C=O) groups is 1. The van der Waals surface area contributed by atoms with E-state index < -0.39 is 5.97 Å². The number of unbranched alkanes of at least 4 members (excludes halogenated alkanes) is 2. The molecule has 15 heavy (non-hydrogen) atoms. The molecule has 0 aliphatic heterocycles. The molecule has 0 aromatic carbocycles. The second-order valence-electron chi connectivity index (χ2n) is 3.63. The maximum Gasteiger partial charge on any atom is 0.321 e. The average molecular weight is 233 g/mol. The second kappa shape index (κ2) is 10.3. The van der Waals surface area contributed by atoms with Crippen molar-refractivity contribution in [2.75, 3.05) is 18.1 Å².